The summed E-state index contributed by atoms with van der Waals surface area (Å²) >= 11 is 0. The lowest BCUT2D eigenvalue weighted by atomic mass is 10.1. The first-order valence-electron chi connectivity index (χ1n) is 5.86. The standard InChI is InChI=1S/C13H17NO3/c1-17-11-4-2-3-10(12(11)15)13(16)14-8-7-9-5-6-9/h2-4,9,15H,5-8H2,1H3,(H,14,16). The number of hydrogen-bond donors (Lipinski definition) is 2. The molecule has 0 unspecified atom stereocenters. The minimum atomic E-state index is -0.248. The van der Waals surface area contributed by atoms with Crippen LogP contribution in [0.3, 0.4) is 0 Å². The van der Waals surface area contributed by atoms with Gasteiger partial charge in [0, 0.05) is 6.54 Å². The highest BCUT2D eigenvalue weighted by atomic mass is 16.5. The summed E-state index contributed by atoms with van der Waals surface area (Å²) in [5.41, 5.74) is 0.264. The normalized spacial score (nSPS) is 14.4. The lowest BCUT2D eigenvalue weighted by molar-refractivity contribution is 0.0949. The number of ether oxygens (including phenoxy) is 1. The highest BCUT2D eigenvalue weighted by Gasteiger charge is 2.21. The molecular weight excluding hydrogens is 218 g/mol. The molecular formula is C13H17NO3. The lowest BCUT2D eigenvalue weighted by Gasteiger charge is -2.09. The van der Waals surface area contributed by atoms with Gasteiger partial charge in [-0.25, -0.2) is 0 Å². The van der Waals surface area contributed by atoms with E-state index in [1.54, 1.807) is 18.2 Å². The Labute approximate surface area is 101 Å². The molecule has 0 radical (unpaired) electrons. The SMILES string of the molecule is COc1cccc(C(=O)NCCC2CC2)c1O. The fourth-order valence-electron chi connectivity index (χ4n) is 1.76. The van der Waals surface area contributed by atoms with E-state index >= 15 is 0 Å². The van der Waals surface area contributed by atoms with Gasteiger partial charge in [-0.1, -0.05) is 18.9 Å². The molecule has 1 aliphatic rings. The molecule has 0 aliphatic heterocycles. The first-order chi connectivity index (χ1) is 8.22. The summed E-state index contributed by atoms with van der Waals surface area (Å²) in [6.45, 7) is 0.667. The third-order valence-corrected chi connectivity index (χ3v) is 3.00. The second-order valence-electron chi connectivity index (χ2n) is 4.34. The quantitative estimate of drug-likeness (QED) is 0.819. The van der Waals surface area contributed by atoms with Crippen LogP contribution in [-0.4, -0.2) is 24.7 Å². The molecule has 1 amide bonds. The van der Waals surface area contributed by atoms with Crippen LogP contribution in [0.15, 0.2) is 18.2 Å². The van der Waals surface area contributed by atoms with Crippen molar-refractivity contribution in [2.24, 2.45) is 5.92 Å². The monoisotopic (exact) mass is 235 g/mol. The van der Waals surface area contributed by atoms with Crippen LogP contribution in [0.25, 0.3) is 0 Å². The Morgan fingerprint density at radius 2 is 2.29 bits per heavy atom. The van der Waals surface area contributed by atoms with Crippen molar-refractivity contribution in [3.8, 4) is 11.5 Å². The highest BCUT2D eigenvalue weighted by molar-refractivity contribution is 5.97. The van der Waals surface area contributed by atoms with Crippen LogP contribution in [0.5, 0.6) is 11.5 Å². The number of benzene rings is 1. The van der Waals surface area contributed by atoms with Crippen LogP contribution in [0.4, 0.5) is 0 Å². The van der Waals surface area contributed by atoms with Gasteiger partial charge in [0.15, 0.2) is 11.5 Å². The zero-order valence-corrected chi connectivity index (χ0v) is 9.90. The maximum absolute atomic E-state index is 11.8. The Hall–Kier alpha value is -1.71. The van der Waals surface area contributed by atoms with E-state index in [1.165, 1.54) is 20.0 Å². The van der Waals surface area contributed by atoms with Gasteiger partial charge in [-0.15, -0.1) is 0 Å². The highest BCUT2D eigenvalue weighted by Crippen LogP contribution is 2.32. The van der Waals surface area contributed by atoms with Crippen LogP contribution in [0, 0.1) is 5.92 Å². The van der Waals surface area contributed by atoms with E-state index in [1.807, 2.05) is 0 Å². The van der Waals surface area contributed by atoms with E-state index < -0.39 is 0 Å². The van der Waals surface area contributed by atoms with Gasteiger partial charge >= 0.3 is 0 Å². The molecule has 0 aromatic heterocycles. The van der Waals surface area contributed by atoms with E-state index in [-0.39, 0.29) is 17.2 Å². The second-order valence-corrected chi connectivity index (χ2v) is 4.34. The number of phenolic OH excluding ortho intramolecular Hbond substituents is 1. The molecule has 0 spiro atoms. The molecule has 1 aromatic rings. The smallest absolute Gasteiger partial charge is 0.255 e. The molecule has 1 aromatic carbocycles. The molecule has 4 heteroatoms. The topological polar surface area (TPSA) is 58.6 Å². The maximum Gasteiger partial charge on any atom is 0.255 e. The lowest BCUT2D eigenvalue weighted by Crippen LogP contribution is -2.24. The van der Waals surface area contributed by atoms with Gasteiger partial charge in [-0.05, 0) is 24.5 Å². The van der Waals surface area contributed by atoms with Crippen molar-refractivity contribution in [2.45, 2.75) is 19.3 Å². The molecule has 92 valence electrons. The number of methoxy groups -OCH3 is 1. The molecule has 0 heterocycles. The molecule has 1 aliphatic carbocycles. The number of amides is 1. The third kappa shape index (κ3) is 2.90. The predicted octanol–water partition coefficient (Wildman–Crippen LogP) is 1.93. The molecule has 0 atom stereocenters. The van der Waals surface area contributed by atoms with E-state index in [9.17, 15) is 9.90 Å². The Morgan fingerprint density at radius 3 is 2.94 bits per heavy atom. The van der Waals surface area contributed by atoms with Gasteiger partial charge in [-0.2, -0.15) is 0 Å². The summed E-state index contributed by atoms with van der Waals surface area (Å²) < 4.78 is 4.96. The number of aromatic hydroxyl groups is 1. The molecule has 1 saturated carbocycles. The van der Waals surface area contributed by atoms with Crippen molar-refractivity contribution < 1.29 is 14.6 Å². The number of phenols is 1. The summed E-state index contributed by atoms with van der Waals surface area (Å²) in [7, 11) is 1.46. The molecule has 2 rings (SSSR count). The van der Waals surface area contributed by atoms with Crippen LogP contribution < -0.4 is 10.1 Å². The molecule has 17 heavy (non-hydrogen) atoms. The predicted molar refractivity (Wildman–Crippen MR) is 64.3 cm³/mol. The van der Waals surface area contributed by atoms with Gasteiger partial charge in [0.2, 0.25) is 0 Å². The largest absolute Gasteiger partial charge is 0.504 e. The van der Waals surface area contributed by atoms with Gasteiger partial charge in [0.1, 0.15) is 0 Å². The second kappa shape index (κ2) is 5.08. The average Bonchev–Trinajstić information content (AvgIpc) is 3.13. The third-order valence-electron chi connectivity index (χ3n) is 3.00. The van der Waals surface area contributed by atoms with Crippen molar-refractivity contribution in [2.75, 3.05) is 13.7 Å². The van der Waals surface area contributed by atoms with Crippen molar-refractivity contribution in [3.63, 3.8) is 0 Å². The molecule has 4 nitrogen and oxygen atoms in total. The van der Waals surface area contributed by atoms with E-state index in [0.717, 1.165) is 12.3 Å². The molecule has 1 fully saturated rings. The number of hydrogen-bond acceptors (Lipinski definition) is 3. The maximum atomic E-state index is 11.8. The van der Waals surface area contributed by atoms with Gasteiger partial charge in [0.25, 0.3) is 5.91 Å². The van der Waals surface area contributed by atoms with Gasteiger partial charge in [0.05, 0.1) is 12.7 Å². The number of rotatable bonds is 5. The molecule has 2 N–H and O–H groups in total. The zero-order valence-electron chi connectivity index (χ0n) is 9.90. The van der Waals surface area contributed by atoms with E-state index in [2.05, 4.69) is 5.32 Å². The summed E-state index contributed by atoms with van der Waals surface area (Å²) in [6.07, 6.45) is 3.58. The van der Waals surface area contributed by atoms with E-state index in [0.29, 0.717) is 12.3 Å². The fraction of sp³-hybridized carbons (Fsp3) is 0.462. The first-order valence-corrected chi connectivity index (χ1v) is 5.86. The minimum Gasteiger partial charge on any atom is -0.504 e. The summed E-state index contributed by atoms with van der Waals surface area (Å²) in [5.74, 6) is 0.759. The van der Waals surface area contributed by atoms with Crippen molar-refractivity contribution >= 4 is 5.91 Å². The summed E-state index contributed by atoms with van der Waals surface area (Å²) in [5, 5.41) is 12.6. The number of carbonyl (C=O) groups excluding carboxylic acids is 1. The van der Waals surface area contributed by atoms with Crippen molar-refractivity contribution in [1.82, 2.24) is 5.32 Å². The Balaban J connectivity index is 1.97. The number of nitrogens with one attached hydrogen (secondary N) is 1. The number of para-hydroxylation sites is 1. The zero-order chi connectivity index (χ0) is 12.3. The average molecular weight is 235 g/mol. The molecule has 0 bridgehead atoms. The van der Waals surface area contributed by atoms with Crippen LogP contribution >= 0.6 is 0 Å². The fourth-order valence-corrected chi connectivity index (χ4v) is 1.76. The van der Waals surface area contributed by atoms with Crippen LogP contribution in [0.1, 0.15) is 29.6 Å². The molecule has 0 saturated heterocycles. The first kappa shape index (κ1) is 11.8. The van der Waals surface area contributed by atoms with Crippen LogP contribution in [-0.2, 0) is 0 Å². The minimum absolute atomic E-state index is 0.0982. The van der Waals surface area contributed by atoms with Crippen molar-refractivity contribution in [3.05, 3.63) is 23.8 Å². The van der Waals surface area contributed by atoms with Crippen LogP contribution in [0.2, 0.25) is 0 Å². The Morgan fingerprint density at radius 1 is 1.53 bits per heavy atom. The summed E-state index contributed by atoms with van der Waals surface area (Å²) in [4.78, 5) is 11.8. The summed E-state index contributed by atoms with van der Waals surface area (Å²) in [6, 6.07) is 4.90. The van der Waals surface area contributed by atoms with Gasteiger partial charge < -0.3 is 15.2 Å². The van der Waals surface area contributed by atoms with Crippen molar-refractivity contribution in [1.29, 1.82) is 0 Å². The number of carbonyl (C=O) groups is 1. The Kier molecular flexibility index (Phi) is 3.52. The van der Waals surface area contributed by atoms with E-state index in [4.69, 9.17) is 4.74 Å². The Bertz CT molecular complexity index is 413. The van der Waals surface area contributed by atoms with Gasteiger partial charge in [-0.3, -0.25) is 4.79 Å².